The maximum Gasteiger partial charge on any atom is 0.342 e. The van der Waals surface area contributed by atoms with Crippen molar-refractivity contribution in [2.75, 3.05) is 13.2 Å². The number of rotatable bonds is 6. The van der Waals surface area contributed by atoms with Crippen LogP contribution in [0.15, 0.2) is 36.5 Å². The van der Waals surface area contributed by atoms with Gasteiger partial charge in [-0.15, -0.1) is 0 Å². The molecular formula is C14H16N2O4. The summed E-state index contributed by atoms with van der Waals surface area (Å²) in [5, 5.41) is 22.2. The van der Waals surface area contributed by atoms with Gasteiger partial charge in [0.15, 0.2) is 0 Å². The molecule has 2 N–H and O–H groups in total. The number of nitrogens with zero attached hydrogens (tertiary/aromatic N) is 2. The van der Waals surface area contributed by atoms with Crippen molar-refractivity contribution in [2.45, 2.75) is 6.92 Å². The Bertz CT molecular complexity index is 580. The first-order valence-electron chi connectivity index (χ1n) is 6.24. The molecule has 0 amide bonds. The predicted molar refractivity (Wildman–Crippen MR) is 72.3 cm³/mol. The van der Waals surface area contributed by atoms with Crippen LogP contribution in [0.2, 0.25) is 0 Å². The highest BCUT2D eigenvalue weighted by atomic mass is 16.5. The molecule has 1 atom stereocenters. The fourth-order valence-electron chi connectivity index (χ4n) is 1.65. The van der Waals surface area contributed by atoms with E-state index in [-0.39, 0.29) is 30.6 Å². The van der Waals surface area contributed by atoms with Gasteiger partial charge in [-0.2, -0.15) is 5.10 Å². The number of hydrogen-bond donors (Lipinski definition) is 2. The van der Waals surface area contributed by atoms with Gasteiger partial charge in [-0.1, -0.05) is 25.1 Å². The Morgan fingerprint density at radius 2 is 2.10 bits per heavy atom. The van der Waals surface area contributed by atoms with Gasteiger partial charge in [-0.05, 0) is 12.1 Å². The van der Waals surface area contributed by atoms with Crippen LogP contribution in [0.3, 0.4) is 0 Å². The lowest BCUT2D eigenvalue weighted by molar-refractivity contribution is 0.0690. The monoisotopic (exact) mass is 276 g/mol. The molecule has 0 spiro atoms. The molecule has 0 aliphatic carbocycles. The summed E-state index contributed by atoms with van der Waals surface area (Å²) in [6.07, 6.45) is 1.26. The van der Waals surface area contributed by atoms with E-state index in [2.05, 4.69) is 5.10 Å². The van der Waals surface area contributed by atoms with Crippen molar-refractivity contribution < 1.29 is 19.7 Å². The molecule has 1 aromatic heterocycles. The van der Waals surface area contributed by atoms with Gasteiger partial charge in [0.05, 0.1) is 18.5 Å². The Kier molecular flexibility index (Phi) is 4.37. The van der Waals surface area contributed by atoms with Gasteiger partial charge < -0.3 is 14.9 Å². The lowest BCUT2D eigenvalue weighted by atomic mass is 10.2. The summed E-state index contributed by atoms with van der Waals surface area (Å²) in [5.41, 5.74) is 0.714. The molecule has 0 bridgehead atoms. The van der Waals surface area contributed by atoms with Gasteiger partial charge in [0.2, 0.25) is 5.88 Å². The zero-order valence-electron chi connectivity index (χ0n) is 11.1. The molecule has 0 radical (unpaired) electrons. The Labute approximate surface area is 116 Å². The minimum atomic E-state index is -1.10. The molecule has 1 heterocycles. The summed E-state index contributed by atoms with van der Waals surface area (Å²) in [7, 11) is 0. The fraction of sp³-hybridized carbons (Fsp3) is 0.286. The van der Waals surface area contributed by atoms with E-state index in [0.29, 0.717) is 5.69 Å². The van der Waals surface area contributed by atoms with E-state index in [0.717, 1.165) is 0 Å². The van der Waals surface area contributed by atoms with Gasteiger partial charge in [0.1, 0.15) is 5.56 Å². The van der Waals surface area contributed by atoms with Crippen molar-refractivity contribution in [1.29, 1.82) is 0 Å². The quantitative estimate of drug-likeness (QED) is 0.836. The van der Waals surface area contributed by atoms with Crippen LogP contribution < -0.4 is 4.74 Å². The highest BCUT2D eigenvalue weighted by molar-refractivity contribution is 5.90. The van der Waals surface area contributed by atoms with Gasteiger partial charge in [-0.25, -0.2) is 9.48 Å². The molecule has 6 heteroatoms. The molecule has 1 aromatic carbocycles. The van der Waals surface area contributed by atoms with E-state index < -0.39 is 5.97 Å². The number of para-hydroxylation sites is 1. The van der Waals surface area contributed by atoms with E-state index in [9.17, 15) is 4.79 Å². The number of carboxylic acids is 1. The molecule has 20 heavy (non-hydrogen) atoms. The minimum absolute atomic E-state index is 0.000933. The summed E-state index contributed by atoms with van der Waals surface area (Å²) in [6, 6.07) is 9.14. The predicted octanol–water partition coefficient (Wildman–Crippen LogP) is 1.58. The number of carbonyl (C=O) groups is 1. The van der Waals surface area contributed by atoms with Crippen molar-refractivity contribution in [2.24, 2.45) is 5.92 Å². The Hall–Kier alpha value is -2.34. The van der Waals surface area contributed by atoms with E-state index in [4.69, 9.17) is 14.9 Å². The van der Waals surface area contributed by atoms with Crippen molar-refractivity contribution >= 4 is 5.97 Å². The molecule has 2 aromatic rings. The van der Waals surface area contributed by atoms with Crippen LogP contribution in [0.1, 0.15) is 17.3 Å². The first-order valence-corrected chi connectivity index (χ1v) is 6.24. The molecule has 0 fully saturated rings. The second kappa shape index (κ2) is 6.21. The molecule has 6 nitrogen and oxygen atoms in total. The summed E-state index contributed by atoms with van der Waals surface area (Å²) in [6.45, 7) is 2.00. The number of carboxylic acid groups (broad SMARTS) is 1. The fourth-order valence-corrected chi connectivity index (χ4v) is 1.65. The third kappa shape index (κ3) is 2.97. The van der Waals surface area contributed by atoms with Gasteiger partial charge in [0.25, 0.3) is 0 Å². The zero-order chi connectivity index (χ0) is 14.5. The maximum absolute atomic E-state index is 11.2. The third-order valence-corrected chi connectivity index (χ3v) is 2.77. The molecular weight excluding hydrogens is 260 g/mol. The summed E-state index contributed by atoms with van der Waals surface area (Å²) in [4.78, 5) is 11.2. The average Bonchev–Trinajstić information content (AvgIpc) is 2.89. The second-order valence-corrected chi connectivity index (χ2v) is 4.51. The first-order chi connectivity index (χ1) is 9.63. The zero-order valence-corrected chi connectivity index (χ0v) is 11.1. The Balaban J connectivity index is 2.35. The standard InChI is InChI=1S/C14H16N2O4/c1-10(8-17)9-20-13-12(14(18)19)7-15-16(13)11-5-3-2-4-6-11/h2-7,10,17H,8-9H2,1H3,(H,18,19). The smallest absolute Gasteiger partial charge is 0.342 e. The SMILES string of the molecule is CC(CO)COc1c(C(=O)O)cnn1-c1ccccc1. The van der Waals surface area contributed by atoms with E-state index in [1.165, 1.54) is 10.9 Å². The molecule has 2 rings (SSSR count). The number of benzene rings is 1. The summed E-state index contributed by atoms with van der Waals surface area (Å²) >= 11 is 0. The second-order valence-electron chi connectivity index (χ2n) is 4.51. The van der Waals surface area contributed by atoms with E-state index in [1.54, 1.807) is 12.1 Å². The highest BCUT2D eigenvalue weighted by Crippen LogP contribution is 2.23. The summed E-state index contributed by atoms with van der Waals surface area (Å²) < 4.78 is 6.97. The molecule has 0 aliphatic heterocycles. The van der Waals surface area contributed by atoms with E-state index >= 15 is 0 Å². The lowest BCUT2D eigenvalue weighted by Gasteiger charge is -2.13. The van der Waals surface area contributed by atoms with Gasteiger partial charge in [0, 0.05) is 12.5 Å². The van der Waals surface area contributed by atoms with Crippen molar-refractivity contribution in [3.8, 4) is 11.6 Å². The van der Waals surface area contributed by atoms with Crippen molar-refractivity contribution in [3.05, 3.63) is 42.1 Å². The Morgan fingerprint density at radius 1 is 1.40 bits per heavy atom. The van der Waals surface area contributed by atoms with Gasteiger partial charge >= 0.3 is 5.97 Å². The number of aliphatic hydroxyl groups excluding tert-OH is 1. The van der Waals surface area contributed by atoms with Crippen LogP contribution in [-0.2, 0) is 0 Å². The van der Waals surface area contributed by atoms with Crippen LogP contribution >= 0.6 is 0 Å². The van der Waals surface area contributed by atoms with Crippen molar-refractivity contribution in [3.63, 3.8) is 0 Å². The normalized spacial score (nSPS) is 12.1. The molecule has 1 unspecified atom stereocenters. The van der Waals surface area contributed by atoms with Crippen LogP contribution in [-0.4, -0.2) is 39.2 Å². The number of ether oxygens (including phenoxy) is 1. The first kappa shape index (κ1) is 14.1. The largest absolute Gasteiger partial charge is 0.477 e. The lowest BCUT2D eigenvalue weighted by Crippen LogP contribution is -2.15. The van der Waals surface area contributed by atoms with E-state index in [1.807, 2.05) is 25.1 Å². The molecule has 106 valence electrons. The molecule has 0 saturated carbocycles. The molecule has 0 saturated heterocycles. The number of aromatic nitrogens is 2. The number of aliphatic hydroxyl groups is 1. The minimum Gasteiger partial charge on any atom is -0.477 e. The van der Waals surface area contributed by atoms with Crippen LogP contribution in [0, 0.1) is 5.92 Å². The number of aromatic carboxylic acids is 1. The van der Waals surface area contributed by atoms with Crippen LogP contribution in [0.5, 0.6) is 5.88 Å². The number of hydrogen-bond acceptors (Lipinski definition) is 4. The molecule has 0 aliphatic rings. The van der Waals surface area contributed by atoms with Crippen molar-refractivity contribution in [1.82, 2.24) is 9.78 Å². The van der Waals surface area contributed by atoms with Gasteiger partial charge in [-0.3, -0.25) is 0 Å². The summed E-state index contributed by atoms with van der Waals surface area (Å²) in [5.74, 6) is -1.02. The topological polar surface area (TPSA) is 84.6 Å². The average molecular weight is 276 g/mol. The Morgan fingerprint density at radius 3 is 2.70 bits per heavy atom. The highest BCUT2D eigenvalue weighted by Gasteiger charge is 2.20. The maximum atomic E-state index is 11.2. The van der Waals surface area contributed by atoms with Crippen LogP contribution in [0.25, 0.3) is 5.69 Å². The third-order valence-electron chi connectivity index (χ3n) is 2.77. The van der Waals surface area contributed by atoms with Crippen LogP contribution in [0.4, 0.5) is 0 Å².